The molecular weight excluding hydrogens is 247 g/mol. The van der Waals surface area contributed by atoms with Gasteiger partial charge in [-0.3, -0.25) is 0 Å². The summed E-state index contributed by atoms with van der Waals surface area (Å²) in [6.45, 7) is 0. The lowest BCUT2D eigenvalue weighted by Crippen LogP contribution is -1.98. The van der Waals surface area contributed by atoms with Crippen molar-refractivity contribution in [2.75, 3.05) is 5.08 Å². The Hall–Kier alpha value is 1.50. The first-order chi connectivity index (χ1) is 4.42. The van der Waals surface area contributed by atoms with Crippen LogP contribution in [0.3, 0.4) is 0 Å². The molecule has 0 aliphatic heterocycles. The second-order valence-electron chi connectivity index (χ2n) is 1.04. The van der Waals surface area contributed by atoms with E-state index in [1.54, 1.807) is 0 Å². The van der Waals surface area contributed by atoms with E-state index in [0.29, 0.717) is 0 Å². The van der Waals surface area contributed by atoms with Crippen LogP contribution in [0.1, 0.15) is 0 Å². The maximum atomic E-state index is 11.4. The van der Waals surface area contributed by atoms with Gasteiger partial charge in [0.2, 0.25) is 0 Å². The third-order valence-electron chi connectivity index (χ3n) is 0.373. The van der Waals surface area contributed by atoms with Crippen LogP contribution in [0.2, 0.25) is 0 Å². The van der Waals surface area contributed by atoms with E-state index in [-0.39, 0.29) is 16.8 Å². The minimum atomic E-state index is -4.17. The SMILES string of the molecule is FC(F)(F)SCSP(Cl)Cl. The van der Waals surface area contributed by atoms with E-state index in [2.05, 4.69) is 0 Å². The van der Waals surface area contributed by atoms with E-state index in [1.807, 2.05) is 0 Å². The molecule has 8 heteroatoms. The molecule has 10 heavy (non-hydrogen) atoms. The Bertz CT molecular complexity index is 97.0. The molecule has 0 aromatic heterocycles. The minimum Gasteiger partial charge on any atom is -0.160 e. The number of alkyl halides is 3. The average Bonchev–Trinajstić information content (AvgIpc) is 1.59. The fourth-order valence-electron chi connectivity index (χ4n) is 0.133. The normalized spacial score (nSPS) is 12.6. The van der Waals surface area contributed by atoms with Gasteiger partial charge in [-0.25, -0.2) is 0 Å². The van der Waals surface area contributed by atoms with Crippen LogP contribution >= 0.6 is 51.5 Å². The number of hydrogen-bond acceptors (Lipinski definition) is 2. The Morgan fingerprint density at radius 3 is 2.10 bits per heavy atom. The molecule has 0 radical (unpaired) electrons. The van der Waals surface area contributed by atoms with E-state index in [4.69, 9.17) is 22.5 Å². The first kappa shape index (κ1) is 11.5. The molecule has 0 aromatic carbocycles. The summed E-state index contributed by atoms with van der Waals surface area (Å²) in [6.07, 6.45) is 0. The minimum absolute atomic E-state index is 0.128. The van der Waals surface area contributed by atoms with E-state index in [9.17, 15) is 13.2 Å². The van der Waals surface area contributed by atoms with Crippen molar-refractivity contribution in [3.05, 3.63) is 0 Å². The Kier molecular flexibility index (Phi) is 5.98. The molecule has 0 aromatic rings. The van der Waals surface area contributed by atoms with E-state index < -0.39 is 11.3 Å². The molecule has 0 aliphatic carbocycles. The van der Waals surface area contributed by atoms with Crippen LogP contribution in [0.5, 0.6) is 0 Å². The highest BCUT2D eigenvalue weighted by Crippen LogP contribution is 2.60. The predicted molar refractivity (Wildman–Crippen MR) is 44.7 cm³/mol. The summed E-state index contributed by atoms with van der Waals surface area (Å²) in [5.74, 6) is -1.31. The zero-order valence-corrected chi connectivity index (χ0v) is 8.40. The van der Waals surface area contributed by atoms with Gasteiger partial charge in [0, 0.05) is 0 Å². The Balaban J connectivity index is 3.21. The number of thioether (sulfide) groups is 1. The molecule has 0 amide bonds. The van der Waals surface area contributed by atoms with Crippen LogP contribution in [0, 0.1) is 0 Å². The maximum Gasteiger partial charge on any atom is 0.442 e. The van der Waals surface area contributed by atoms with E-state index in [0.717, 1.165) is 11.4 Å². The van der Waals surface area contributed by atoms with Crippen molar-refractivity contribution in [1.29, 1.82) is 0 Å². The van der Waals surface area contributed by atoms with Crippen molar-refractivity contribution in [1.82, 2.24) is 0 Å². The zero-order valence-electron chi connectivity index (χ0n) is 4.36. The molecule has 0 rings (SSSR count). The van der Waals surface area contributed by atoms with Gasteiger partial charge in [0.15, 0.2) is 0 Å². The topological polar surface area (TPSA) is 0 Å². The molecule has 0 saturated carbocycles. The summed E-state index contributed by atoms with van der Waals surface area (Å²) >= 11 is 11.2. The van der Waals surface area contributed by atoms with Crippen molar-refractivity contribution < 1.29 is 13.2 Å². The predicted octanol–water partition coefficient (Wildman–Crippen LogP) is 4.63. The van der Waals surface area contributed by atoms with Crippen LogP contribution in [0.15, 0.2) is 0 Å². The lowest BCUT2D eigenvalue weighted by Gasteiger charge is -2.03. The number of rotatable bonds is 3. The lowest BCUT2D eigenvalue weighted by molar-refractivity contribution is -0.0324. The monoisotopic (exact) mass is 248 g/mol. The molecule has 0 atom stereocenters. The molecule has 62 valence electrons. The first-order valence-electron chi connectivity index (χ1n) is 1.87. The fourth-order valence-corrected chi connectivity index (χ4v) is 4.54. The summed E-state index contributed by atoms with van der Waals surface area (Å²) < 4.78 is 34.1. The van der Waals surface area contributed by atoms with Gasteiger partial charge >= 0.3 is 5.51 Å². The van der Waals surface area contributed by atoms with Gasteiger partial charge in [-0.15, -0.1) is 0 Å². The molecular formula is C2H2Cl2F3PS2. The van der Waals surface area contributed by atoms with Crippen molar-refractivity contribution in [3.63, 3.8) is 0 Å². The summed E-state index contributed by atoms with van der Waals surface area (Å²) in [4.78, 5) is 0. The summed E-state index contributed by atoms with van der Waals surface area (Å²) in [7, 11) is 0. The van der Waals surface area contributed by atoms with Gasteiger partial charge in [0.25, 0.3) is 0 Å². The van der Waals surface area contributed by atoms with Crippen LogP contribution in [0.25, 0.3) is 0 Å². The van der Waals surface area contributed by atoms with Gasteiger partial charge in [-0.1, -0.05) is 33.9 Å². The molecule has 0 unspecified atom stereocenters. The zero-order chi connectivity index (χ0) is 8.20. The van der Waals surface area contributed by atoms with Crippen molar-refractivity contribution >= 4 is 51.5 Å². The third-order valence-corrected chi connectivity index (χ3v) is 5.08. The van der Waals surface area contributed by atoms with Gasteiger partial charge in [-0.2, -0.15) is 13.2 Å². The summed E-state index contributed by atoms with van der Waals surface area (Å²) in [5.41, 5.74) is -4.17. The van der Waals surface area contributed by atoms with Crippen LogP contribution in [-0.2, 0) is 0 Å². The van der Waals surface area contributed by atoms with Crippen LogP contribution < -0.4 is 0 Å². The van der Waals surface area contributed by atoms with Crippen LogP contribution in [-0.4, -0.2) is 10.6 Å². The third kappa shape index (κ3) is 9.50. The molecule has 0 saturated heterocycles. The largest absolute Gasteiger partial charge is 0.442 e. The molecule has 0 fully saturated rings. The number of hydrogen-bond donors (Lipinski definition) is 0. The lowest BCUT2D eigenvalue weighted by atomic mass is 11.6. The standard InChI is InChI=1S/C2H2Cl2F3PS2/c3-8(4)10-1-9-2(5,6)7/h1H2. The quantitative estimate of drug-likeness (QED) is 0.528. The molecule has 0 bridgehead atoms. The highest BCUT2D eigenvalue weighted by molar-refractivity contribution is 8.71. The number of halogens is 5. The highest BCUT2D eigenvalue weighted by atomic mass is 35.9. The van der Waals surface area contributed by atoms with Gasteiger partial charge < -0.3 is 0 Å². The molecule has 0 heterocycles. The molecule has 0 N–H and O–H groups in total. The average molecular weight is 249 g/mol. The molecule has 0 spiro atoms. The van der Waals surface area contributed by atoms with Gasteiger partial charge in [0.05, 0.1) is 5.08 Å². The maximum absolute atomic E-state index is 11.4. The highest BCUT2D eigenvalue weighted by Gasteiger charge is 2.28. The van der Waals surface area contributed by atoms with Crippen LogP contribution in [0.4, 0.5) is 13.2 Å². The molecule has 0 nitrogen and oxygen atoms in total. The van der Waals surface area contributed by atoms with Crippen molar-refractivity contribution in [2.24, 2.45) is 0 Å². The Morgan fingerprint density at radius 2 is 1.80 bits per heavy atom. The van der Waals surface area contributed by atoms with Gasteiger partial charge in [0.1, 0.15) is 5.83 Å². The fraction of sp³-hybridized carbons (Fsp3) is 1.00. The van der Waals surface area contributed by atoms with Crippen molar-refractivity contribution in [3.8, 4) is 0 Å². The van der Waals surface area contributed by atoms with E-state index >= 15 is 0 Å². The Morgan fingerprint density at radius 1 is 1.30 bits per heavy atom. The summed E-state index contributed by atoms with van der Waals surface area (Å²) in [5, 5.41) is -0.137. The second kappa shape index (κ2) is 5.20. The smallest absolute Gasteiger partial charge is 0.160 e. The molecule has 0 aliphatic rings. The first-order valence-corrected chi connectivity index (χ1v) is 7.60. The summed E-state index contributed by atoms with van der Waals surface area (Å²) in [6, 6.07) is 0. The van der Waals surface area contributed by atoms with Crippen molar-refractivity contribution in [2.45, 2.75) is 5.51 Å². The second-order valence-corrected chi connectivity index (χ2v) is 9.02. The van der Waals surface area contributed by atoms with E-state index in [1.165, 1.54) is 0 Å². The Labute approximate surface area is 75.3 Å². The van der Waals surface area contributed by atoms with Gasteiger partial charge in [-0.05, 0) is 11.8 Å².